The molecule has 2 rings (SSSR count). The molecule has 1 aliphatic heterocycles. The van der Waals surface area contributed by atoms with Crippen LogP contribution in [0.25, 0.3) is 0 Å². The van der Waals surface area contributed by atoms with E-state index < -0.39 is 25.2 Å². The minimum atomic E-state index is -4.29. The van der Waals surface area contributed by atoms with Gasteiger partial charge in [0.2, 0.25) is 10.0 Å². The molecule has 2 N–H and O–H groups in total. The fourth-order valence-corrected chi connectivity index (χ4v) is 3.49. The van der Waals surface area contributed by atoms with Crippen molar-refractivity contribution in [3.05, 3.63) is 18.3 Å². The van der Waals surface area contributed by atoms with Gasteiger partial charge in [0.25, 0.3) is 0 Å². The van der Waals surface area contributed by atoms with Gasteiger partial charge in [0, 0.05) is 19.1 Å². The van der Waals surface area contributed by atoms with E-state index in [0.717, 1.165) is 0 Å². The quantitative estimate of drug-likeness (QED) is 0.753. The van der Waals surface area contributed by atoms with Gasteiger partial charge in [-0.1, -0.05) is 0 Å². The summed E-state index contributed by atoms with van der Waals surface area (Å²) in [5, 5.41) is 2.77. The smallest absolute Gasteiger partial charge is 0.312 e. The van der Waals surface area contributed by atoms with E-state index in [1.807, 2.05) is 0 Å². The Morgan fingerprint density at radius 3 is 2.29 bits per heavy atom. The third-order valence-electron chi connectivity index (χ3n) is 3.29. The third-order valence-corrected chi connectivity index (χ3v) is 5.37. The lowest BCUT2D eigenvalue weighted by Crippen LogP contribution is -2.41. The zero-order valence-corrected chi connectivity index (χ0v) is 13.1. The highest BCUT2D eigenvalue weighted by Crippen LogP contribution is 2.18. The maximum atomic E-state index is 11.4. The molecule has 21 heavy (non-hydrogen) atoms. The molecule has 0 bridgehead atoms. The molecule has 1 aromatic heterocycles. The van der Waals surface area contributed by atoms with E-state index in [9.17, 15) is 16.8 Å². The topological polar surface area (TPSA) is 117 Å². The van der Waals surface area contributed by atoms with Gasteiger partial charge >= 0.3 is 10.1 Å². The lowest BCUT2D eigenvalue weighted by atomic mass is 10.1. The molecule has 0 aliphatic carbocycles. The van der Waals surface area contributed by atoms with E-state index in [1.165, 1.54) is 28.9 Å². The van der Waals surface area contributed by atoms with Crippen LogP contribution in [0.1, 0.15) is 12.8 Å². The van der Waals surface area contributed by atoms with Crippen LogP contribution in [0, 0.1) is 0 Å². The maximum absolute atomic E-state index is 11.4. The first-order valence-electron chi connectivity index (χ1n) is 6.31. The molecule has 1 saturated heterocycles. The van der Waals surface area contributed by atoms with Crippen molar-refractivity contribution in [3.63, 3.8) is 0 Å². The predicted octanol–water partition coefficient (Wildman–Crippen LogP) is 0.164. The van der Waals surface area contributed by atoms with E-state index in [1.54, 1.807) is 0 Å². The van der Waals surface area contributed by atoms with Crippen LogP contribution < -0.4 is 5.32 Å². The molecule has 0 radical (unpaired) electrons. The summed E-state index contributed by atoms with van der Waals surface area (Å²) in [6, 6.07) is 2.82. The Labute approximate surface area is 124 Å². The Bertz CT molecular complexity index is 692. The second-order valence-electron chi connectivity index (χ2n) is 4.94. The maximum Gasteiger partial charge on any atom is 0.312 e. The number of nitrogens with zero attached hydrogens (tertiary/aromatic N) is 2. The lowest BCUT2D eigenvalue weighted by Gasteiger charge is -2.31. The zero-order chi connectivity index (χ0) is 15.7. The van der Waals surface area contributed by atoms with Crippen molar-refractivity contribution in [2.45, 2.75) is 23.9 Å². The molecule has 118 valence electrons. The van der Waals surface area contributed by atoms with Crippen molar-refractivity contribution >= 4 is 25.8 Å². The molecule has 1 aliphatic rings. The second kappa shape index (κ2) is 5.87. The minimum Gasteiger partial charge on any atom is -0.381 e. The molecule has 0 aromatic carbocycles. The van der Waals surface area contributed by atoms with Gasteiger partial charge in [0.15, 0.2) is 5.03 Å². The van der Waals surface area contributed by atoms with Gasteiger partial charge in [-0.2, -0.15) is 8.42 Å². The van der Waals surface area contributed by atoms with Crippen molar-refractivity contribution in [2.24, 2.45) is 0 Å². The van der Waals surface area contributed by atoms with Crippen LogP contribution in [0.3, 0.4) is 0 Å². The van der Waals surface area contributed by atoms with Gasteiger partial charge in [-0.05, 0) is 25.0 Å². The molecular weight excluding hydrogens is 318 g/mol. The number of rotatable bonds is 4. The first-order chi connectivity index (χ1) is 9.66. The number of piperidine rings is 1. The first-order valence-corrected chi connectivity index (χ1v) is 9.60. The highest BCUT2D eigenvalue weighted by atomic mass is 32.2. The number of nitrogens with one attached hydrogen (secondary N) is 1. The molecule has 10 heteroatoms. The first kappa shape index (κ1) is 16.1. The van der Waals surface area contributed by atoms with Crippen LogP contribution in [0.4, 0.5) is 5.69 Å². The van der Waals surface area contributed by atoms with Gasteiger partial charge < -0.3 is 5.32 Å². The average Bonchev–Trinajstić information content (AvgIpc) is 2.38. The Balaban J connectivity index is 1.95. The second-order valence-corrected chi connectivity index (χ2v) is 8.29. The van der Waals surface area contributed by atoms with Crippen LogP contribution in [-0.2, 0) is 20.1 Å². The Morgan fingerprint density at radius 1 is 1.24 bits per heavy atom. The number of hydrogen-bond donors (Lipinski definition) is 2. The molecule has 0 saturated carbocycles. The van der Waals surface area contributed by atoms with Crippen LogP contribution in [0.15, 0.2) is 23.4 Å². The van der Waals surface area contributed by atoms with Gasteiger partial charge in [-0.3, -0.25) is 4.55 Å². The Hall–Kier alpha value is -1.23. The van der Waals surface area contributed by atoms with E-state index in [0.29, 0.717) is 31.6 Å². The summed E-state index contributed by atoms with van der Waals surface area (Å²) in [4.78, 5) is 3.66. The monoisotopic (exact) mass is 335 g/mol. The standard InChI is InChI=1S/C11H17N3O5S2/c1-20(15,16)14-6-4-9(5-7-14)13-10-2-3-11(12-8-10)21(17,18)19/h2-3,8-9,13H,4-7H2,1H3,(H,17,18,19). The van der Waals surface area contributed by atoms with E-state index in [4.69, 9.17) is 4.55 Å². The van der Waals surface area contributed by atoms with Crippen molar-refractivity contribution in [1.29, 1.82) is 0 Å². The Kier molecular flexibility index (Phi) is 4.51. The summed E-state index contributed by atoms with van der Waals surface area (Å²) in [6.07, 6.45) is 3.84. The van der Waals surface area contributed by atoms with E-state index >= 15 is 0 Å². The van der Waals surface area contributed by atoms with Crippen molar-refractivity contribution in [2.75, 3.05) is 24.7 Å². The number of sulfonamides is 1. The summed E-state index contributed by atoms with van der Waals surface area (Å²) in [5.74, 6) is 0. The predicted molar refractivity (Wildman–Crippen MR) is 77.1 cm³/mol. The lowest BCUT2D eigenvalue weighted by molar-refractivity contribution is 0.332. The van der Waals surface area contributed by atoms with Gasteiger partial charge in [-0.15, -0.1) is 0 Å². The van der Waals surface area contributed by atoms with Crippen LogP contribution in [-0.4, -0.2) is 56.1 Å². The number of anilines is 1. The largest absolute Gasteiger partial charge is 0.381 e. The summed E-state index contributed by atoms with van der Waals surface area (Å²) in [7, 11) is -7.43. The molecule has 0 spiro atoms. The molecule has 0 amide bonds. The number of hydrogen-bond acceptors (Lipinski definition) is 6. The van der Waals surface area contributed by atoms with Gasteiger partial charge in [-0.25, -0.2) is 17.7 Å². The van der Waals surface area contributed by atoms with E-state index in [2.05, 4.69) is 10.3 Å². The molecule has 2 heterocycles. The van der Waals surface area contributed by atoms with E-state index in [-0.39, 0.29) is 6.04 Å². The summed E-state index contributed by atoms with van der Waals surface area (Å²) in [5.41, 5.74) is 0.625. The average molecular weight is 335 g/mol. The highest BCUT2D eigenvalue weighted by molar-refractivity contribution is 7.88. The molecular formula is C11H17N3O5S2. The summed E-state index contributed by atoms with van der Waals surface area (Å²) < 4.78 is 54.8. The summed E-state index contributed by atoms with van der Waals surface area (Å²) >= 11 is 0. The summed E-state index contributed by atoms with van der Waals surface area (Å²) in [6.45, 7) is 0.903. The zero-order valence-electron chi connectivity index (χ0n) is 11.4. The van der Waals surface area contributed by atoms with Gasteiger partial charge in [0.05, 0.1) is 18.1 Å². The molecule has 8 nitrogen and oxygen atoms in total. The van der Waals surface area contributed by atoms with Crippen LogP contribution in [0.5, 0.6) is 0 Å². The molecule has 1 fully saturated rings. The fourth-order valence-electron chi connectivity index (χ4n) is 2.19. The number of aromatic nitrogens is 1. The minimum absolute atomic E-state index is 0.0985. The molecule has 0 unspecified atom stereocenters. The molecule has 1 aromatic rings. The van der Waals surface area contributed by atoms with Gasteiger partial charge in [0.1, 0.15) is 0 Å². The van der Waals surface area contributed by atoms with Crippen LogP contribution in [0.2, 0.25) is 0 Å². The molecule has 0 atom stereocenters. The highest BCUT2D eigenvalue weighted by Gasteiger charge is 2.24. The van der Waals surface area contributed by atoms with Crippen molar-refractivity contribution in [1.82, 2.24) is 9.29 Å². The third kappa shape index (κ3) is 4.37. The van der Waals surface area contributed by atoms with Crippen molar-refractivity contribution in [3.8, 4) is 0 Å². The SMILES string of the molecule is CS(=O)(=O)N1CCC(Nc2ccc(S(=O)(=O)O)nc2)CC1. The van der Waals surface area contributed by atoms with Crippen LogP contribution >= 0.6 is 0 Å². The fraction of sp³-hybridized carbons (Fsp3) is 0.545. The normalized spacial score (nSPS) is 18.6. The van der Waals surface area contributed by atoms with Crippen molar-refractivity contribution < 1.29 is 21.4 Å². The number of pyridine rings is 1. The Morgan fingerprint density at radius 2 is 1.86 bits per heavy atom.